The van der Waals surface area contributed by atoms with Crippen molar-refractivity contribution < 1.29 is 4.74 Å². The molecular formula is C21H15ClN2O. The van der Waals surface area contributed by atoms with E-state index >= 15 is 0 Å². The Morgan fingerprint density at radius 3 is 2.24 bits per heavy atom. The third-order valence-electron chi connectivity index (χ3n) is 4.15. The van der Waals surface area contributed by atoms with Crippen molar-refractivity contribution in [3.05, 3.63) is 78.1 Å². The number of rotatable bonds is 3. The summed E-state index contributed by atoms with van der Waals surface area (Å²) in [7, 11) is 1.68. The second kappa shape index (κ2) is 6.54. The summed E-state index contributed by atoms with van der Waals surface area (Å²) in [5.41, 5.74) is 4.82. The highest BCUT2D eigenvalue weighted by molar-refractivity contribution is 6.28. The van der Waals surface area contributed by atoms with Gasteiger partial charge in [-0.15, -0.1) is 0 Å². The van der Waals surface area contributed by atoms with Gasteiger partial charge in [0.1, 0.15) is 5.75 Å². The number of ether oxygens (including phenoxy) is 1. The minimum Gasteiger partial charge on any atom is -0.496 e. The number of nitrogens with zero attached hydrogens (tertiary/aromatic N) is 2. The van der Waals surface area contributed by atoms with Gasteiger partial charge in [0.15, 0.2) is 0 Å². The zero-order chi connectivity index (χ0) is 17.2. The van der Waals surface area contributed by atoms with Crippen LogP contribution in [-0.4, -0.2) is 17.1 Å². The first kappa shape index (κ1) is 15.6. The highest BCUT2D eigenvalue weighted by Crippen LogP contribution is 2.32. The lowest BCUT2D eigenvalue weighted by atomic mass is 10.0. The van der Waals surface area contributed by atoms with E-state index in [1.165, 1.54) is 0 Å². The molecule has 4 heteroatoms. The van der Waals surface area contributed by atoms with Gasteiger partial charge in [0.25, 0.3) is 0 Å². The van der Waals surface area contributed by atoms with Crippen LogP contribution in [0.1, 0.15) is 0 Å². The number of aromatic nitrogens is 2. The Labute approximate surface area is 150 Å². The lowest BCUT2D eigenvalue weighted by Crippen LogP contribution is -1.91. The zero-order valence-corrected chi connectivity index (χ0v) is 14.4. The molecule has 3 aromatic carbocycles. The molecule has 0 N–H and O–H groups in total. The number of para-hydroxylation sites is 2. The van der Waals surface area contributed by atoms with Crippen LogP contribution in [0.5, 0.6) is 5.75 Å². The summed E-state index contributed by atoms with van der Waals surface area (Å²) in [5, 5.41) is 1.24. The molecular weight excluding hydrogens is 332 g/mol. The van der Waals surface area contributed by atoms with Gasteiger partial charge >= 0.3 is 0 Å². The lowest BCUT2D eigenvalue weighted by molar-refractivity contribution is 0.416. The SMILES string of the molecule is COc1ccccc1-c1ccc(-c2nc(Cl)nc3ccccc23)cc1. The fourth-order valence-electron chi connectivity index (χ4n) is 2.96. The molecule has 0 bridgehead atoms. The number of benzene rings is 3. The topological polar surface area (TPSA) is 35.0 Å². The summed E-state index contributed by atoms with van der Waals surface area (Å²) in [6, 6.07) is 24.1. The molecule has 0 aliphatic heterocycles. The van der Waals surface area contributed by atoms with Crippen molar-refractivity contribution in [1.29, 1.82) is 0 Å². The van der Waals surface area contributed by atoms with E-state index in [0.29, 0.717) is 0 Å². The highest BCUT2D eigenvalue weighted by atomic mass is 35.5. The Morgan fingerprint density at radius 1 is 0.760 bits per heavy atom. The molecule has 3 nitrogen and oxygen atoms in total. The van der Waals surface area contributed by atoms with Crippen molar-refractivity contribution in [3.8, 4) is 28.1 Å². The number of halogens is 1. The molecule has 0 amide bonds. The van der Waals surface area contributed by atoms with Crippen LogP contribution in [0.4, 0.5) is 0 Å². The predicted molar refractivity (Wildman–Crippen MR) is 102 cm³/mol. The van der Waals surface area contributed by atoms with E-state index in [4.69, 9.17) is 16.3 Å². The summed E-state index contributed by atoms with van der Waals surface area (Å²) in [4.78, 5) is 8.72. The minimum absolute atomic E-state index is 0.252. The molecule has 25 heavy (non-hydrogen) atoms. The number of hydrogen-bond donors (Lipinski definition) is 0. The second-order valence-corrected chi connectivity index (χ2v) is 5.97. The quantitative estimate of drug-likeness (QED) is 0.451. The van der Waals surface area contributed by atoms with E-state index in [1.807, 2.05) is 60.7 Å². The van der Waals surface area contributed by atoms with Gasteiger partial charge in [-0.3, -0.25) is 0 Å². The van der Waals surface area contributed by atoms with Crippen molar-refractivity contribution in [2.75, 3.05) is 7.11 Å². The van der Waals surface area contributed by atoms with E-state index in [0.717, 1.165) is 39.0 Å². The first-order chi connectivity index (χ1) is 12.3. The van der Waals surface area contributed by atoms with Crippen LogP contribution in [0.15, 0.2) is 72.8 Å². The maximum absolute atomic E-state index is 6.10. The summed E-state index contributed by atoms with van der Waals surface area (Å²) in [5.74, 6) is 0.853. The summed E-state index contributed by atoms with van der Waals surface area (Å²) < 4.78 is 5.45. The molecule has 0 unspecified atom stereocenters. The van der Waals surface area contributed by atoms with Crippen LogP contribution in [0.2, 0.25) is 5.28 Å². The number of methoxy groups -OCH3 is 1. The van der Waals surface area contributed by atoms with Crippen molar-refractivity contribution in [2.24, 2.45) is 0 Å². The predicted octanol–water partition coefficient (Wildman–Crippen LogP) is 5.63. The molecule has 4 rings (SSSR count). The molecule has 0 atom stereocenters. The first-order valence-corrected chi connectivity index (χ1v) is 8.30. The third-order valence-corrected chi connectivity index (χ3v) is 4.32. The van der Waals surface area contributed by atoms with E-state index in [9.17, 15) is 0 Å². The first-order valence-electron chi connectivity index (χ1n) is 7.92. The van der Waals surface area contributed by atoms with Crippen LogP contribution < -0.4 is 4.74 Å². The normalized spacial score (nSPS) is 10.8. The molecule has 0 aliphatic carbocycles. The Bertz CT molecular complexity index is 1050. The summed E-state index contributed by atoms with van der Waals surface area (Å²) >= 11 is 6.10. The van der Waals surface area contributed by atoms with Gasteiger partial charge in [0, 0.05) is 16.5 Å². The van der Waals surface area contributed by atoms with Gasteiger partial charge in [-0.25, -0.2) is 9.97 Å². The monoisotopic (exact) mass is 346 g/mol. The number of fused-ring (bicyclic) bond motifs is 1. The van der Waals surface area contributed by atoms with Crippen LogP contribution in [0.3, 0.4) is 0 Å². The van der Waals surface area contributed by atoms with Crippen LogP contribution in [0.25, 0.3) is 33.3 Å². The molecule has 0 saturated heterocycles. The van der Waals surface area contributed by atoms with Gasteiger partial charge in [0.2, 0.25) is 5.28 Å². The van der Waals surface area contributed by atoms with Crippen LogP contribution in [0, 0.1) is 0 Å². The Balaban J connectivity index is 1.81. The maximum Gasteiger partial charge on any atom is 0.223 e. The van der Waals surface area contributed by atoms with Crippen molar-refractivity contribution in [2.45, 2.75) is 0 Å². The zero-order valence-electron chi connectivity index (χ0n) is 13.6. The molecule has 1 aromatic heterocycles. The van der Waals surface area contributed by atoms with Crippen molar-refractivity contribution in [1.82, 2.24) is 9.97 Å². The minimum atomic E-state index is 0.252. The molecule has 0 fully saturated rings. The van der Waals surface area contributed by atoms with Gasteiger partial charge < -0.3 is 4.74 Å². The molecule has 0 saturated carbocycles. The lowest BCUT2D eigenvalue weighted by Gasteiger charge is -2.10. The Kier molecular flexibility index (Phi) is 4.08. The van der Waals surface area contributed by atoms with E-state index in [2.05, 4.69) is 22.1 Å². The molecule has 1 heterocycles. The van der Waals surface area contributed by atoms with E-state index in [1.54, 1.807) is 7.11 Å². The molecule has 0 spiro atoms. The average Bonchev–Trinajstić information content (AvgIpc) is 2.67. The summed E-state index contributed by atoms with van der Waals surface area (Å²) in [6.45, 7) is 0. The standard InChI is InChI=1S/C21H15ClN2O/c1-25-19-9-5-3-6-16(19)14-10-12-15(13-11-14)20-17-7-2-4-8-18(17)23-21(22)24-20/h2-13H,1H3. The van der Waals surface area contributed by atoms with Gasteiger partial charge in [-0.1, -0.05) is 60.7 Å². The second-order valence-electron chi connectivity index (χ2n) is 5.64. The Morgan fingerprint density at radius 2 is 1.44 bits per heavy atom. The van der Waals surface area contributed by atoms with E-state index < -0.39 is 0 Å². The van der Waals surface area contributed by atoms with Gasteiger partial charge in [0.05, 0.1) is 18.3 Å². The fraction of sp³-hybridized carbons (Fsp3) is 0.0476. The van der Waals surface area contributed by atoms with Gasteiger partial charge in [-0.05, 0) is 29.3 Å². The average molecular weight is 347 g/mol. The van der Waals surface area contributed by atoms with Crippen LogP contribution >= 0.6 is 11.6 Å². The molecule has 4 aromatic rings. The molecule has 122 valence electrons. The van der Waals surface area contributed by atoms with Crippen molar-refractivity contribution in [3.63, 3.8) is 0 Å². The Hall–Kier alpha value is -2.91. The fourth-order valence-corrected chi connectivity index (χ4v) is 3.13. The maximum atomic E-state index is 6.10. The van der Waals surface area contributed by atoms with E-state index in [-0.39, 0.29) is 5.28 Å². The largest absolute Gasteiger partial charge is 0.496 e. The number of hydrogen-bond acceptors (Lipinski definition) is 3. The smallest absolute Gasteiger partial charge is 0.223 e. The van der Waals surface area contributed by atoms with Crippen LogP contribution in [-0.2, 0) is 0 Å². The summed E-state index contributed by atoms with van der Waals surface area (Å²) in [6.07, 6.45) is 0. The highest BCUT2D eigenvalue weighted by Gasteiger charge is 2.10. The van der Waals surface area contributed by atoms with Crippen molar-refractivity contribution >= 4 is 22.5 Å². The third kappa shape index (κ3) is 2.94. The van der Waals surface area contributed by atoms with Gasteiger partial charge in [-0.2, -0.15) is 0 Å². The molecule has 0 radical (unpaired) electrons. The molecule has 0 aliphatic rings.